The first-order valence-electron chi connectivity index (χ1n) is 15.8. The summed E-state index contributed by atoms with van der Waals surface area (Å²) in [4.78, 5) is 47.9. The van der Waals surface area contributed by atoms with Crippen molar-refractivity contribution in [1.82, 2.24) is 9.80 Å². The highest BCUT2D eigenvalue weighted by molar-refractivity contribution is 6.07. The number of carboxylic acid groups (broad SMARTS) is 1. The van der Waals surface area contributed by atoms with Crippen LogP contribution in [0, 0.1) is 0 Å². The molecule has 8 rings (SSSR count). The van der Waals surface area contributed by atoms with Crippen molar-refractivity contribution in [2.75, 3.05) is 42.6 Å². The van der Waals surface area contributed by atoms with Crippen LogP contribution in [0.2, 0.25) is 0 Å². The van der Waals surface area contributed by atoms with E-state index in [9.17, 15) is 19.5 Å². The van der Waals surface area contributed by atoms with Gasteiger partial charge in [0.15, 0.2) is 0 Å². The minimum Gasteiger partial charge on any atom is -0.493 e. The molecule has 0 saturated carbocycles. The molecule has 4 aromatic rings. The zero-order valence-corrected chi connectivity index (χ0v) is 25.5. The first kappa shape index (κ1) is 28.7. The number of fused-ring (bicyclic) bond motifs is 4. The summed E-state index contributed by atoms with van der Waals surface area (Å²) in [7, 11) is 0. The molecule has 0 bridgehead atoms. The summed E-state index contributed by atoms with van der Waals surface area (Å²) < 4.78 is 11.4. The van der Waals surface area contributed by atoms with Crippen LogP contribution in [0.25, 0.3) is 12.2 Å². The van der Waals surface area contributed by atoms with Gasteiger partial charge in [-0.15, -0.1) is 0 Å². The third kappa shape index (κ3) is 5.02. The zero-order chi connectivity index (χ0) is 32.1. The average molecular weight is 629 g/mol. The molecule has 0 spiro atoms. The number of anilines is 4. The molecule has 0 radical (unpaired) electrons. The molecule has 0 aromatic heterocycles. The number of ether oxygens (including phenoxy) is 2. The molecular weight excluding hydrogens is 596 g/mol. The smallest absolute Gasteiger partial charge is 0.330 e. The Labute approximate surface area is 271 Å². The lowest BCUT2D eigenvalue weighted by molar-refractivity contribution is -0.143. The highest BCUT2D eigenvalue weighted by atomic mass is 16.5. The summed E-state index contributed by atoms with van der Waals surface area (Å²) in [6.45, 7) is 1.19. The molecule has 1 saturated heterocycles. The Balaban J connectivity index is 1.12. The number of piperazine rings is 1. The maximum Gasteiger partial charge on any atom is 0.330 e. The maximum absolute atomic E-state index is 14.5. The number of para-hydroxylation sites is 2. The molecule has 1 fully saturated rings. The first-order valence-corrected chi connectivity index (χ1v) is 15.8. The Morgan fingerprint density at radius 2 is 1.28 bits per heavy atom. The molecule has 4 aliphatic rings. The number of carboxylic acids is 1. The van der Waals surface area contributed by atoms with Gasteiger partial charge in [-0.2, -0.15) is 0 Å². The monoisotopic (exact) mass is 628 g/mol. The van der Waals surface area contributed by atoms with Gasteiger partial charge in [-0.1, -0.05) is 48.6 Å². The van der Waals surface area contributed by atoms with Gasteiger partial charge < -0.3 is 24.4 Å². The van der Waals surface area contributed by atoms with E-state index in [0.717, 1.165) is 46.6 Å². The summed E-state index contributed by atoms with van der Waals surface area (Å²) in [6, 6.07) is 24.4. The largest absolute Gasteiger partial charge is 0.493 e. The van der Waals surface area contributed by atoms with E-state index in [2.05, 4.69) is 0 Å². The van der Waals surface area contributed by atoms with Crippen molar-refractivity contribution in [3.8, 4) is 11.5 Å². The molecule has 4 aliphatic heterocycles. The van der Waals surface area contributed by atoms with E-state index in [0.29, 0.717) is 36.0 Å². The summed E-state index contributed by atoms with van der Waals surface area (Å²) in [5.41, 5.74) is 6.35. The fourth-order valence-corrected chi connectivity index (χ4v) is 6.84. The topological polar surface area (TPSA) is 103 Å². The zero-order valence-electron chi connectivity index (χ0n) is 25.5. The van der Waals surface area contributed by atoms with Crippen molar-refractivity contribution in [2.45, 2.75) is 18.9 Å². The van der Waals surface area contributed by atoms with Crippen LogP contribution in [-0.2, 0) is 17.6 Å². The van der Waals surface area contributed by atoms with Crippen molar-refractivity contribution in [3.05, 3.63) is 107 Å². The second-order valence-electron chi connectivity index (χ2n) is 12.0. The van der Waals surface area contributed by atoms with Gasteiger partial charge in [0, 0.05) is 25.9 Å². The molecule has 0 unspecified atom stereocenters. The van der Waals surface area contributed by atoms with Gasteiger partial charge in [0.05, 0.1) is 42.5 Å². The summed E-state index contributed by atoms with van der Waals surface area (Å²) in [6.07, 6.45) is 5.39. The summed E-state index contributed by atoms with van der Waals surface area (Å²) >= 11 is 0. The van der Waals surface area contributed by atoms with Crippen LogP contribution >= 0.6 is 0 Å². The Bertz CT molecular complexity index is 1850. The SMILES string of the molecule is O=C(O)[C@@H]1CN(C(=O)N(c2ccc3c(c2)CCO3)c2ccc3c(c2)CCO3)CCN1C(=O)N1c2ccccc2C=Cc2ccccc21. The average Bonchev–Trinajstić information content (AvgIpc) is 3.74. The number of rotatable bonds is 3. The van der Waals surface area contributed by atoms with Gasteiger partial charge in [0.25, 0.3) is 0 Å². The van der Waals surface area contributed by atoms with Crippen LogP contribution in [-0.4, -0.2) is 71.8 Å². The van der Waals surface area contributed by atoms with Crippen LogP contribution in [0.1, 0.15) is 22.3 Å². The van der Waals surface area contributed by atoms with E-state index in [4.69, 9.17) is 9.47 Å². The standard InChI is InChI=1S/C37H32N4O6/c42-35(43)32-23-38(17-18-39(32)37(45)41-30-7-3-1-5-24(30)9-10-25-6-2-4-8-31(25)41)36(44)40(28-11-13-33-26(21-28)15-19-46-33)29-12-14-34-27(22-29)16-20-47-34/h1-14,21-22,32H,15-20,23H2,(H,42,43)/t32-/m0/s1. The van der Waals surface area contributed by atoms with Crippen LogP contribution in [0.3, 0.4) is 0 Å². The Hall–Kier alpha value is -5.77. The molecule has 10 nitrogen and oxygen atoms in total. The molecule has 1 N–H and O–H groups in total. The fourth-order valence-electron chi connectivity index (χ4n) is 6.84. The number of nitrogens with zero attached hydrogens (tertiary/aromatic N) is 4. The molecule has 4 amide bonds. The minimum absolute atomic E-state index is 0.0414. The van der Waals surface area contributed by atoms with Crippen molar-refractivity contribution < 1.29 is 29.0 Å². The number of amides is 4. The quantitative estimate of drug-likeness (QED) is 0.285. The maximum atomic E-state index is 14.5. The second kappa shape index (κ2) is 11.5. The van der Waals surface area contributed by atoms with E-state index in [-0.39, 0.29) is 25.7 Å². The molecule has 236 valence electrons. The number of hydrogen-bond acceptors (Lipinski definition) is 5. The third-order valence-electron chi connectivity index (χ3n) is 9.22. The van der Waals surface area contributed by atoms with E-state index >= 15 is 0 Å². The van der Waals surface area contributed by atoms with Crippen molar-refractivity contribution in [3.63, 3.8) is 0 Å². The van der Waals surface area contributed by atoms with Crippen LogP contribution < -0.4 is 19.3 Å². The molecule has 10 heteroatoms. The molecule has 4 aromatic carbocycles. The van der Waals surface area contributed by atoms with Crippen LogP contribution in [0.5, 0.6) is 11.5 Å². The van der Waals surface area contributed by atoms with E-state index in [1.165, 1.54) is 9.80 Å². The second-order valence-corrected chi connectivity index (χ2v) is 12.0. The molecule has 0 aliphatic carbocycles. The Morgan fingerprint density at radius 3 is 1.83 bits per heavy atom. The van der Waals surface area contributed by atoms with Crippen molar-refractivity contribution in [2.24, 2.45) is 0 Å². The lowest BCUT2D eigenvalue weighted by Gasteiger charge is -2.42. The van der Waals surface area contributed by atoms with Crippen LogP contribution in [0.4, 0.5) is 32.3 Å². The lowest BCUT2D eigenvalue weighted by atomic mass is 10.1. The van der Waals surface area contributed by atoms with Gasteiger partial charge in [-0.05, 0) is 70.8 Å². The number of benzene rings is 4. The predicted molar refractivity (Wildman–Crippen MR) is 178 cm³/mol. The molecule has 1 atom stereocenters. The summed E-state index contributed by atoms with van der Waals surface area (Å²) in [5, 5.41) is 10.5. The van der Waals surface area contributed by atoms with Crippen molar-refractivity contribution in [1.29, 1.82) is 0 Å². The highest BCUT2D eigenvalue weighted by Crippen LogP contribution is 2.39. The molecule has 47 heavy (non-hydrogen) atoms. The number of urea groups is 2. The fraction of sp³-hybridized carbons (Fsp3) is 0.216. The highest BCUT2D eigenvalue weighted by Gasteiger charge is 2.41. The van der Waals surface area contributed by atoms with Gasteiger partial charge in [-0.3, -0.25) is 9.80 Å². The van der Waals surface area contributed by atoms with Crippen LogP contribution in [0.15, 0.2) is 84.9 Å². The number of hydrogen-bond donors (Lipinski definition) is 1. The van der Waals surface area contributed by atoms with E-state index < -0.39 is 18.0 Å². The molecule has 4 heterocycles. The normalized spacial score (nSPS) is 17.4. The van der Waals surface area contributed by atoms with Gasteiger partial charge in [-0.25, -0.2) is 14.4 Å². The van der Waals surface area contributed by atoms with Gasteiger partial charge in [0.2, 0.25) is 0 Å². The third-order valence-corrected chi connectivity index (χ3v) is 9.22. The number of aliphatic carboxylic acids is 1. The van der Waals surface area contributed by atoms with Gasteiger partial charge in [0.1, 0.15) is 17.5 Å². The Kier molecular flexibility index (Phi) is 7.05. The van der Waals surface area contributed by atoms with Gasteiger partial charge >= 0.3 is 18.0 Å². The first-order chi connectivity index (χ1) is 23.0. The van der Waals surface area contributed by atoms with E-state index in [1.807, 2.05) is 97.1 Å². The Morgan fingerprint density at radius 1 is 0.723 bits per heavy atom. The number of carbonyl (C=O) groups excluding carboxylic acids is 2. The predicted octanol–water partition coefficient (Wildman–Crippen LogP) is 6.33. The summed E-state index contributed by atoms with van der Waals surface area (Å²) in [5.74, 6) is 0.420. The lowest BCUT2D eigenvalue weighted by Crippen LogP contribution is -2.62. The molecular formula is C37H32N4O6. The van der Waals surface area contributed by atoms with Crippen molar-refractivity contribution >= 4 is 52.9 Å². The minimum atomic E-state index is -1.26. The number of carbonyl (C=O) groups is 3. The van der Waals surface area contributed by atoms with E-state index in [1.54, 1.807) is 9.80 Å².